The average Bonchev–Trinajstić information content (AvgIpc) is 3.51. The van der Waals surface area contributed by atoms with Gasteiger partial charge in [0.05, 0.1) is 33.9 Å². The third kappa shape index (κ3) is 6.64. The van der Waals surface area contributed by atoms with Crippen LogP contribution in [0.5, 0.6) is 17.2 Å². The smallest absolute Gasteiger partial charge is 0.203 e. The van der Waals surface area contributed by atoms with Gasteiger partial charge in [-0.15, -0.1) is 35.3 Å². The molecule has 0 bridgehead atoms. The first-order valence-corrected chi connectivity index (χ1v) is 11.7. The molecule has 1 fully saturated rings. The zero-order valence-electron chi connectivity index (χ0n) is 19.3. The van der Waals surface area contributed by atoms with Crippen LogP contribution < -0.4 is 24.8 Å². The molecule has 178 valence electrons. The lowest BCUT2D eigenvalue weighted by molar-refractivity contribution is 0.249. The topological polar surface area (TPSA) is 67.4 Å². The lowest BCUT2D eigenvalue weighted by atomic mass is 10.1. The Hall–Kier alpha value is -1.72. The second kappa shape index (κ2) is 13.7. The highest BCUT2D eigenvalue weighted by molar-refractivity contribution is 14.0. The molecule has 7 nitrogen and oxygen atoms in total. The maximum Gasteiger partial charge on any atom is 0.203 e. The quantitative estimate of drug-likeness (QED) is 0.251. The van der Waals surface area contributed by atoms with Crippen LogP contribution in [0.2, 0.25) is 0 Å². The highest BCUT2D eigenvalue weighted by Crippen LogP contribution is 2.40. The largest absolute Gasteiger partial charge is 0.493 e. The Balaban J connectivity index is 0.00000363. The van der Waals surface area contributed by atoms with Crippen LogP contribution in [0.25, 0.3) is 0 Å². The summed E-state index contributed by atoms with van der Waals surface area (Å²) < 4.78 is 16.5. The molecule has 32 heavy (non-hydrogen) atoms. The average molecular weight is 575 g/mol. The Labute approximate surface area is 212 Å². The van der Waals surface area contributed by atoms with E-state index in [1.165, 1.54) is 17.7 Å². The Morgan fingerprint density at radius 3 is 2.41 bits per heavy atom. The third-order valence-corrected chi connectivity index (χ3v) is 6.43. The molecule has 2 aromatic rings. The van der Waals surface area contributed by atoms with Gasteiger partial charge in [-0.05, 0) is 56.4 Å². The molecular formula is C23H35IN4O3S. The molecule has 0 spiro atoms. The number of hydrogen-bond donors (Lipinski definition) is 2. The molecule has 0 saturated carbocycles. The standard InChI is InChI=1S/C23H34N4O3S.HI/c1-5-24-23(25-15-17-10-11-19(28-2)22(30-4)21(17)29-3)26-16-18(20-9-8-14-31-20)27-12-6-7-13-27;/h8-11,14,18H,5-7,12-13,15-16H2,1-4H3,(H2,24,25,26);1H. The Morgan fingerprint density at radius 1 is 1.06 bits per heavy atom. The van der Waals surface area contributed by atoms with Crippen molar-refractivity contribution in [2.24, 2.45) is 4.99 Å². The van der Waals surface area contributed by atoms with E-state index in [9.17, 15) is 0 Å². The predicted molar refractivity (Wildman–Crippen MR) is 142 cm³/mol. The van der Waals surface area contributed by atoms with Crippen molar-refractivity contribution in [3.63, 3.8) is 0 Å². The van der Waals surface area contributed by atoms with Crippen LogP contribution in [-0.2, 0) is 6.54 Å². The summed E-state index contributed by atoms with van der Waals surface area (Å²) in [7, 11) is 4.87. The van der Waals surface area contributed by atoms with E-state index in [1.54, 1.807) is 21.3 Å². The highest BCUT2D eigenvalue weighted by Gasteiger charge is 2.24. The molecule has 1 aromatic heterocycles. The third-order valence-electron chi connectivity index (χ3n) is 5.45. The van der Waals surface area contributed by atoms with Crippen molar-refractivity contribution < 1.29 is 14.2 Å². The van der Waals surface area contributed by atoms with Crippen molar-refractivity contribution in [3.8, 4) is 17.2 Å². The van der Waals surface area contributed by atoms with Gasteiger partial charge in [0.15, 0.2) is 17.5 Å². The van der Waals surface area contributed by atoms with Gasteiger partial charge in [0.1, 0.15) is 0 Å². The summed E-state index contributed by atoms with van der Waals surface area (Å²) in [6, 6.07) is 8.57. The second-order valence-electron chi connectivity index (χ2n) is 7.34. The number of nitrogens with one attached hydrogen (secondary N) is 2. The first-order chi connectivity index (χ1) is 15.2. The first kappa shape index (κ1) is 26.5. The molecule has 2 N–H and O–H groups in total. The van der Waals surface area contributed by atoms with Crippen molar-refractivity contribution in [1.29, 1.82) is 0 Å². The maximum absolute atomic E-state index is 5.60. The summed E-state index contributed by atoms with van der Waals surface area (Å²) in [6.45, 7) is 6.46. The molecule has 3 rings (SSSR count). The van der Waals surface area contributed by atoms with Crippen LogP contribution in [-0.4, -0.2) is 58.4 Å². The van der Waals surface area contributed by atoms with E-state index < -0.39 is 0 Å². The van der Waals surface area contributed by atoms with Crippen LogP contribution in [0, 0.1) is 0 Å². The highest BCUT2D eigenvalue weighted by atomic mass is 127. The van der Waals surface area contributed by atoms with Crippen molar-refractivity contribution in [1.82, 2.24) is 15.5 Å². The molecule has 1 aliphatic heterocycles. The summed E-state index contributed by atoms with van der Waals surface area (Å²) in [4.78, 5) is 8.77. The fourth-order valence-electron chi connectivity index (χ4n) is 3.93. The second-order valence-corrected chi connectivity index (χ2v) is 8.32. The van der Waals surface area contributed by atoms with Gasteiger partial charge in [-0.25, -0.2) is 4.99 Å². The van der Waals surface area contributed by atoms with Crippen molar-refractivity contribution in [3.05, 3.63) is 40.1 Å². The number of guanidine groups is 1. The van der Waals surface area contributed by atoms with Crippen LogP contribution in [0.15, 0.2) is 34.6 Å². The molecule has 0 radical (unpaired) electrons. The number of hydrogen-bond acceptors (Lipinski definition) is 6. The van der Waals surface area contributed by atoms with Crippen LogP contribution in [0.4, 0.5) is 0 Å². The summed E-state index contributed by atoms with van der Waals surface area (Å²) in [5, 5.41) is 9.07. The van der Waals surface area contributed by atoms with E-state index in [2.05, 4.69) is 40.0 Å². The number of nitrogens with zero attached hydrogens (tertiary/aromatic N) is 2. The minimum atomic E-state index is 0. The number of aliphatic imine (C=N–C) groups is 1. The lowest BCUT2D eigenvalue weighted by Crippen LogP contribution is -2.42. The number of methoxy groups -OCH3 is 3. The zero-order valence-corrected chi connectivity index (χ0v) is 22.5. The Morgan fingerprint density at radius 2 is 1.81 bits per heavy atom. The van der Waals surface area contributed by atoms with Gasteiger partial charge in [-0.1, -0.05) is 6.07 Å². The number of benzene rings is 1. The SMILES string of the molecule is CCNC(=NCc1ccc(OC)c(OC)c1OC)NCC(c1cccs1)N1CCCC1.I. The van der Waals surface area contributed by atoms with Crippen molar-refractivity contribution >= 4 is 41.3 Å². The number of thiophene rings is 1. The molecule has 1 saturated heterocycles. The number of halogens is 1. The van der Waals surface area contributed by atoms with E-state index in [4.69, 9.17) is 19.2 Å². The van der Waals surface area contributed by atoms with Crippen LogP contribution in [0.1, 0.15) is 36.2 Å². The van der Waals surface area contributed by atoms with E-state index >= 15 is 0 Å². The molecule has 1 aliphatic rings. The van der Waals surface area contributed by atoms with Crippen molar-refractivity contribution in [2.45, 2.75) is 32.4 Å². The van der Waals surface area contributed by atoms with Crippen LogP contribution in [0.3, 0.4) is 0 Å². The van der Waals surface area contributed by atoms with Gasteiger partial charge in [-0.2, -0.15) is 0 Å². The molecule has 1 atom stereocenters. The molecule has 2 heterocycles. The van der Waals surface area contributed by atoms with Gasteiger partial charge in [0, 0.05) is 23.5 Å². The van der Waals surface area contributed by atoms with Crippen molar-refractivity contribution in [2.75, 3.05) is 47.5 Å². The monoisotopic (exact) mass is 574 g/mol. The van der Waals surface area contributed by atoms with Gasteiger partial charge in [0.2, 0.25) is 5.75 Å². The molecule has 1 unspecified atom stereocenters. The number of ether oxygens (including phenoxy) is 3. The van der Waals surface area contributed by atoms with Gasteiger partial charge in [0.25, 0.3) is 0 Å². The van der Waals surface area contributed by atoms with E-state index in [0.29, 0.717) is 29.8 Å². The number of rotatable bonds is 10. The van der Waals surface area contributed by atoms with E-state index in [1.807, 2.05) is 23.5 Å². The number of likely N-dealkylation sites (tertiary alicyclic amines) is 1. The molecule has 1 aromatic carbocycles. The minimum Gasteiger partial charge on any atom is -0.493 e. The molecule has 0 amide bonds. The zero-order chi connectivity index (χ0) is 22.1. The Bertz CT molecular complexity index is 842. The molecule has 0 aliphatic carbocycles. The summed E-state index contributed by atoms with van der Waals surface area (Å²) in [6.07, 6.45) is 2.55. The summed E-state index contributed by atoms with van der Waals surface area (Å²) in [5.74, 6) is 2.67. The molecule has 9 heteroatoms. The van der Waals surface area contributed by atoms with E-state index in [-0.39, 0.29) is 24.0 Å². The van der Waals surface area contributed by atoms with Gasteiger partial charge >= 0.3 is 0 Å². The molecular weight excluding hydrogens is 539 g/mol. The summed E-state index contributed by atoms with van der Waals surface area (Å²) in [5.41, 5.74) is 0.937. The first-order valence-electron chi connectivity index (χ1n) is 10.8. The maximum atomic E-state index is 5.60. The summed E-state index contributed by atoms with van der Waals surface area (Å²) >= 11 is 1.82. The lowest BCUT2D eigenvalue weighted by Gasteiger charge is -2.27. The van der Waals surface area contributed by atoms with E-state index in [0.717, 1.165) is 37.7 Å². The van der Waals surface area contributed by atoms with Crippen LogP contribution >= 0.6 is 35.3 Å². The Kier molecular flexibility index (Phi) is 11.4. The van der Waals surface area contributed by atoms with Gasteiger partial charge < -0.3 is 24.8 Å². The fraction of sp³-hybridized carbons (Fsp3) is 0.522. The fourth-order valence-corrected chi connectivity index (χ4v) is 4.79. The van der Waals surface area contributed by atoms with Gasteiger partial charge in [-0.3, -0.25) is 4.90 Å². The minimum absolute atomic E-state index is 0. The normalized spacial score (nSPS) is 15.1. The predicted octanol–water partition coefficient (Wildman–Crippen LogP) is 4.28.